The van der Waals surface area contributed by atoms with E-state index in [1.54, 1.807) is 0 Å². The molecule has 0 bridgehead atoms. The first-order valence-electron chi connectivity index (χ1n) is 25.0. The largest absolute Gasteiger partial charge is 0.462 e. The summed E-state index contributed by atoms with van der Waals surface area (Å²) >= 11 is 0. The maximum absolute atomic E-state index is 13.0. The lowest BCUT2D eigenvalue weighted by Crippen LogP contribution is -2.61. The quantitative estimate of drug-likeness (QED) is 0.0196. The molecule has 0 aromatic heterocycles. The molecule has 11 atom stereocenters. The maximum atomic E-state index is 13.0. The van der Waals surface area contributed by atoms with Crippen molar-refractivity contribution in [3.05, 3.63) is 72.9 Å². The van der Waals surface area contributed by atoms with Gasteiger partial charge < -0.3 is 64.2 Å². The van der Waals surface area contributed by atoms with Gasteiger partial charge in [-0.25, -0.2) is 0 Å². The van der Waals surface area contributed by atoms with Crippen molar-refractivity contribution in [1.82, 2.24) is 0 Å². The predicted octanol–water partition coefficient (Wildman–Crippen LogP) is 6.65. The monoisotopic (exact) mass is 951 g/mol. The SMILES string of the molecule is CC/C=C\C/C=C\C/C=C\C/C=C\C/C=C\C/C=C\CCC(=O)OC(COC(=O)CCCCCCCCCCCCCC)COC1OC(COC2OC(CO)C(O)C(O)C2O)C(O)C(O)C1O. The Hall–Kier alpha value is -3.06. The summed E-state index contributed by atoms with van der Waals surface area (Å²) in [5, 5.41) is 72.0. The van der Waals surface area contributed by atoms with Crippen LogP contribution in [-0.2, 0) is 38.0 Å². The van der Waals surface area contributed by atoms with Gasteiger partial charge in [0.2, 0.25) is 0 Å². The van der Waals surface area contributed by atoms with Crippen molar-refractivity contribution in [2.24, 2.45) is 0 Å². The summed E-state index contributed by atoms with van der Waals surface area (Å²) in [6.07, 6.45) is 28.1. The zero-order valence-electron chi connectivity index (χ0n) is 40.4. The highest BCUT2D eigenvalue weighted by Gasteiger charge is 2.47. The molecule has 2 aliphatic rings. The minimum absolute atomic E-state index is 0.0380. The van der Waals surface area contributed by atoms with Crippen LogP contribution < -0.4 is 0 Å². The Morgan fingerprint density at radius 2 is 0.940 bits per heavy atom. The summed E-state index contributed by atoms with van der Waals surface area (Å²) in [6.45, 7) is 2.37. The summed E-state index contributed by atoms with van der Waals surface area (Å²) in [7, 11) is 0. The smallest absolute Gasteiger partial charge is 0.306 e. The second-order valence-corrected chi connectivity index (χ2v) is 17.3. The highest BCUT2D eigenvalue weighted by atomic mass is 16.7. The molecule has 67 heavy (non-hydrogen) atoms. The molecule has 15 nitrogen and oxygen atoms in total. The molecule has 2 aliphatic heterocycles. The number of hydrogen-bond donors (Lipinski definition) is 7. The summed E-state index contributed by atoms with van der Waals surface area (Å²) in [4.78, 5) is 25.7. The molecule has 384 valence electrons. The molecule has 0 radical (unpaired) electrons. The van der Waals surface area contributed by atoms with Crippen molar-refractivity contribution in [3.63, 3.8) is 0 Å². The predicted molar refractivity (Wildman–Crippen MR) is 256 cm³/mol. The number of esters is 2. The number of aliphatic hydroxyl groups excluding tert-OH is 7. The van der Waals surface area contributed by atoms with Crippen molar-refractivity contribution >= 4 is 11.9 Å². The molecule has 0 spiro atoms. The number of hydrogen-bond acceptors (Lipinski definition) is 15. The zero-order chi connectivity index (χ0) is 48.9. The number of allylic oxidation sites excluding steroid dienone is 12. The van der Waals surface area contributed by atoms with Gasteiger partial charge in [-0.2, -0.15) is 0 Å². The second-order valence-electron chi connectivity index (χ2n) is 17.3. The molecule has 15 heteroatoms. The first-order chi connectivity index (χ1) is 32.5. The van der Waals surface area contributed by atoms with Crippen molar-refractivity contribution in [2.45, 2.75) is 216 Å². The van der Waals surface area contributed by atoms with E-state index in [0.717, 1.165) is 51.4 Å². The van der Waals surface area contributed by atoms with Crippen LogP contribution in [0.4, 0.5) is 0 Å². The Labute approximate surface area is 400 Å². The molecule has 2 saturated heterocycles. The van der Waals surface area contributed by atoms with Crippen molar-refractivity contribution in [1.29, 1.82) is 0 Å². The van der Waals surface area contributed by atoms with Gasteiger partial charge in [0.15, 0.2) is 18.7 Å². The van der Waals surface area contributed by atoms with Crippen molar-refractivity contribution in [3.8, 4) is 0 Å². The lowest BCUT2D eigenvalue weighted by molar-refractivity contribution is -0.332. The van der Waals surface area contributed by atoms with Crippen LogP contribution in [0.3, 0.4) is 0 Å². The van der Waals surface area contributed by atoms with Gasteiger partial charge in [0.25, 0.3) is 0 Å². The Morgan fingerprint density at radius 3 is 1.45 bits per heavy atom. The molecule has 0 aromatic rings. The van der Waals surface area contributed by atoms with Crippen LogP contribution in [0.1, 0.15) is 149 Å². The molecule has 0 amide bonds. The Bertz CT molecular complexity index is 1440. The first-order valence-corrected chi connectivity index (χ1v) is 25.0. The van der Waals surface area contributed by atoms with E-state index >= 15 is 0 Å². The van der Waals surface area contributed by atoms with Gasteiger partial charge >= 0.3 is 11.9 Å². The van der Waals surface area contributed by atoms with Crippen LogP contribution in [-0.4, -0.2) is 142 Å². The van der Waals surface area contributed by atoms with Crippen molar-refractivity contribution in [2.75, 3.05) is 26.4 Å². The van der Waals surface area contributed by atoms with Crippen LogP contribution in [0.25, 0.3) is 0 Å². The Balaban J connectivity index is 1.86. The number of carbonyl (C=O) groups excluding carboxylic acids is 2. The van der Waals surface area contributed by atoms with Gasteiger partial charge in [-0.15, -0.1) is 0 Å². The third-order valence-corrected chi connectivity index (χ3v) is 11.5. The molecular formula is C52H86O15. The van der Waals surface area contributed by atoms with E-state index in [0.29, 0.717) is 19.3 Å². The summed E-state index contributed by atoms with van der Waals surface area (Å²) < 4.78 is 33.4. The van der Waals surface area contributed by atoms with Crippen molar-refractivity contribution < 1.29 is 73.8 Å². The Morgan fingerprint density at radius 1 is 0.493 bits per heavy atom. The Kier molecular flexibility index (Phi) is 34.7. The van der Waals surface area contributed by atoms with Gasteiger partial charge in [0.1, 0.15) is 55.4 Å². The fourth-order valence-electron chi connectivity index (χ4n) is 7.36. The molecule has 2 heterocycles. The van der Waals surface area contributed by atoms with E-state index in [1.165, 1.54) is 51.4 Å². The lowest BCUT2D eigenvalue weighted by Gasteiger charge is -2.42. The molecule has 11 unspecified atom stereocenters. The number of rotatable bonds is 37. The summed E-state index contributed by atoms with van der Waals surface area (Å²) in [5.41, 5.74) is 0. The third kappa shape index (κ3) is 27.1. The fraction of sp³-hybridized carbons (Fsp3) is 0.731. The second kappa shape index (κ2) is 38.8. The van der Waals surface area contributed by atoms with Crippen LogP contribution in [0.2, 0.25) is 0 Å². The fourth-order valence-corrected chi connectivity index (χ4v) is 7.36. The normalized spacial score (nSPS) is 26.6. The van der Waals surface area contributed by atoms with Gasteiger partial charge in [-0.1, -0.05) is 157 Å². The number of carbonyl (C=O) groups is 2. The molecule has 2 fully saturated rings. The van der Waals surface area contributed by atoms with Gasteiger partial charge in [0.05, 0.1) is 19.8 Å². The van der Waals surface area contributed by atoms with Gasteiger partial charge in [-0.3, -0.25) is 9.59 Å². The minimum atomic E-state index is -1.78. The minimum Gasteiger partial charge on any atom is -0.462 e. The highest BCUT2D eigenvalue weighted by Crippen LogP contribution is 2.26. The van der Waals surface area contributed by atoms with Crippen LogP contribution in [0, 0.1) is 0 Å². The first kappa shape index (κ1) is 60.1. The number of unbranched alkanes of at least 4 members (excludes halogenated alkanes) is 11. The number of aliphatic hydroxyl groups is 7. The highest BCUT2D eigenvalue weighted by molar-refractivity contribution is 5.70. The van der Waals surface area contributed by atoms with Crippen LogP contribution >= 0.6 is 0 Å². The van der Waals surface area contributed by atoms with Crippen LogP contribution in [0.5, 0.6) is 0 Å². The van der Waals surface area contributed by atoms with E-state index < -0.39 is 99.3 Å². The standard InChI is InChI=1S/C52H86O15/c1-3-5-7-9-11-13-15-17-18-19-20-21-22-23-25-27-29-31-33-35-44(55)65-40(37-62-43(54)34-32-30-28-26-24-16-14-12-10-8-6-4-2)38-63-51-50(61)48(59)46(57)42(67-51)39-64-52-49(60)47(58)45(56)41(36-53)66-52/h5,7,11,13,17-18,20-21,23,25,29,31,40-42,45-53,56-61H,3-4,6,8-10,12,14-16,19,22,24,26-28,30,32-39H2,1-2H3/b7-5-,13-11-,18-17-,21-20-,25-23-,31-29-. The molecular weight excluding hydrogens is 865 g/mol. The number of ether oxygens (including phenoxy) is 6. The molecule has 2 rings (SSSR count). The van der Waals surface area contributed by atoms with E-state index in [-0.39, 0.29) is 19.4 Å². The van der Waals surface area contributed by atoms with Gasteiger partial charge in [-0.05, 0) is 51.4 Å². The topological polar surface area (TPSA) is 231 Å². The maximum Gasteiger partial charge on any atom is 0.306 e. The summed E-state index contributed by atoms with van der Waals surface area (Å²) in [5.74, 6) is -1.03. The third-order valence-electron chi connectivity index (χ3n) is 11.5. The van der Waals surface area contributed by atoms with E-state index in [2.05, 4.69) is 74.6 Å². The lowest BCUT2D eigenvalue weighted by atomic mass is 9.98. The average Bonchev–Trinajstić information content (AvgIpc) is 3.32. The van der Waals surface area contributed by atoms with E-state index in [1.807, 2.05) is 12.2 Å². The van der Waals surface area contributed by atoms with Gasteiger partial charge in [0, 0.05) is 12.8 Å². The van der Waals surface area contributed by atoms with E-state index in [4.69, 9.17) is 28.4 Å². The zero-order valence-corrected chi connectivity index (χ0v) is 40.4. The van der Waals surface area contributed by atoms with Crippen LogP contribution in [0.15, 0.2) is 72.9 Å². The molecule has 0 saturated carbocycles. The average molecular weight is 951 g/mol. The molecule has 0 aromatic carbocycles. The molecule has 0 aliphatic carbocycles. The summed E-state index contributed by atoms with van der Waals surface area (Å²) in [6, 6.07) is 0. The molecule has 7 N–H and O–H groups in total. The van der Waals surface area contributed by atoms with E-state index in [9.17, 15) is 45.3 Å².